The van der Waals surface area contributed by atoms with Gasteiger partial charge in [0, 0.05) is 44.2 Å². The maximum atomic E-state index is 13.7. The zero-order valence-electron chi connectivity index (χ0n) is 21.7. The molecule has 1 atom stereocenters. The van der Waals surface area contributed by atoms with Crippen LogP contribution < -0.4 is 5.73 Å². The lowest BCUT2D eigenvalue weighted by molar-refractivity contribution is -0.144. The van der Waals surface area contributed by atoms with Gasteiger partial charge < -0.3 is 15.5 Å². The van der Waals surface area contributed by atoms with Crippen LogP contribution in [0.5, 0.6) is 0 Å². The monoisotopic (exact) mass is 551 g/mol. The normalized spacial score (nSPS) is 19.0. The smallest absolute Gasteiger partial charge is 0.383 e. The molecular weight excluding hydrogens is 523 g/mol. The molecule has 0 radical (unpaired) electrons. The Kier molecular flexibility index (Phi) is 6.35. The van der Waals surface area contributed by atoms with E-state index in [0.717, 1.165) is 28.8 Å². The van der Waals surface area contributed by atoms with Gasteiger partial charge in [-0.25, -0.2) is 14.6 Å². The zero-order valence-corrected chi connectivity index (χ0v) is 21.7. The molecule has 3 aromatic rings. The van der Waals surface area contributed by atoms with Gasteiger partial charge in [-0.3, -0.25) is 9.59 Å². The van der Waals surface area contributed by atoms with Gasteiger partial charge >= 0.3 is 6.18 Å². The molecule has 0 bridgehead atoms. The molecule has 1 aliphatic carbocycles. The molecule has 9 nitrogen and oxygen atoms in total. The van der Waals surface area contributed by atoms with E-state index in [2.05, 4.69) is 40.8 Å². The van der Waals surface area contributed by atoms with Gasteiger partial charge in [0.1, 0.15) is 11.4 Å². The van der Waals surface area contributed by atoms with Crippen molar-refractivity contribution < 1.29 is 22.8 Å². The molecule has 1 fully saturated rings. The second kappa shape index (κ2) is 9.76. The summed E-state index contributed by atoms with van der Waals surface area (Å²) in [7, 11) is 0. The quantitative estimate of drug-likeness (QED) is 0.494. The first-order chi connectivity index (χ1) is 19.2. The highest BCUT2D eigenvalue weighted by Gasteiger charge is 2.41. The van der Waals surface area contributed by atoms with Crippen molar-refractivity contribution in [1.29, 1.82) is 0 Å². The first-order valence-corrected chi connectivity index (χ1v) is 13.3. The van der Waals surface area contributed by atoms with Gasteiger partial charge in [0.05, 0.1) is 23.1 Å². The van der Waals surface area contributed by atoms with Crippen LogP contribution >= 0.6 is 0 Å². The van der Waals surface area contributed by atoms with Crippen molar-refractivity contribution in [3.8, 4) is 5.69 Å². The van der Waals surface area contributed by atoms with E-state index in [0.29, 0.717) is 25.3 Å². The SMILES string of the molecule is C=CC(=O)N1CCc2nn(-c3ccc(C4CCC4)cc3)c3c2C(C1)N(C(=O)c1cnc(C(F)(F)F)nc1N)CC3. The Labute approximate surface area is 228 Å². The molecule has 208 valence electrons. The van der Waals surface area contributed by atoms with E-state index in [-0.39, 0.29) is 24.6 Å². The standard InChI is InChI=1S/C28H28F3N7O2/c1-2-23(39)36-12-10-20-24-21(38(35-20)18-8-6-17(7-9-18)16-4-3-5-16)11-13-37(22(24)15-36)26(40)19-14-33-27(28(29,30)31)34-25(19)32/h2,6-9,14,16,22H,1,3-5,10-13,15H2,(H2,32,33,34). The summed E-state index contributed by atoms with van der Waals surface area (Å²) in [6, 6.07) is 7.84. The third-order valence-electron chi connectivity index (χ3n) is 8.17. The molecular formula is C28H28F3N7O2. The van der Waals surface area contributed by atoms with Crippen LogP contribution in [-0.2, 0) is 23.8 Å². The molecule has 2 aliphatic heterocycles. The first kappa shape index (κ1) is 26.0. The predicted octanol–water partition coefficient (Wildman–Crippen LogP) is 3.84. The number of rotatable bonds is 4. The number of carbonyl (C=O) groups excluding carboxylic acids is 2. The number of alkyl halides is 3. The fourth-order valence-electron chi connectivity index (χ4n) is 5.86. The number of nitrogens with two attached hydrogens (primary N) is 1. The summed E-state index contributed by atoms with van der Waals surface area (Å²) in [5.41, 5.74) is 10.4. The van der Waals surface area contributed by atoms with Crippen molar-refractivity contribution in [2.24, 2.45) is 0 Å². The number of hydrogen-bond acceptors (Lipinski definition) is 6. The minimum Gasteiger partial charge on any atom is -0.383 e. The van der Waals surface area contributed by atoms with Gasteiger partial charge in [0.25, 0.3) is 5.91 Å². The lowest BCUT2D eigenvalue weighted by Gasteiger charge is -2.38. The topological polar surface area (TPSA) is 110 Å². The molecule has 0 spiro atoms. The molecule has 1 aromatic carbocycles. The number of benzene rings is 1. The highest BCUT2D eigenvalue weighted by Crippen LogP contribution is 2.39. The molecule has 2 aromatic heterocycles. The highest BCUT2D eigenvalue weighted by atomic mass is 19.4. The summed E-state index contributed by atoms with van der Waals surface area (Å²) in [5.74, 6) is -2.22. The van der Waals surface area contributed by atoms with Crippen molar-refractivity contribution in [3.05, 3.63) is 77.0 Å². The van der Waals surface area contributed by atoms with Crippen LogP contribution in [0.2, 0.25) is 0 Å². The number of nitrogen functional groups attached to an aromatic ring is 1. The maximum Gasteiger partial charge on any atom is 0.451 e. The fourth-order valence-corrected chi connectivity index (χ4v) is 5.86. The summed E-state index contributed by atoms with van der Waals surface area (Å²) in [5, 5.41) is 4.93. The fraction of sp³-hybridized carbons (Fsp3) is 0.393. The molecule has 12 heteroatoms. The predicted molar refractivity (Wildman–Crippen MR) is 140 cm³/mol. The van der Waals surface area contributed by atoms with E-state index in [1.807, 2.05) is 4.68 Å². The van der Waals surface area contributed by atoms with Crippen LogP contribution in [0.1, 0.15) is 69.9 Å². The Morgan fingerprint density at radius 1 is 1.10 bits per heavy atom. The van der Waals surface area contributed by atoms with Gasteiger partial charge in [0.2, 0.25) is 11.7 Å². The Balaban J connectivity index is 1.38. The summed E-state index contributed by atoms with van der Waals surface area (Å²) in [6.07, 6.45) is 1.88. The summed E-state index contributed by atoms with van der Waals surface area (Å²) < 4.78 is 41.2. The lowest BCUT2D eigenvalue weighted by Crippen LogP contribution is -2.46. The maximum absolute atomic E-state index is 13.7. The third-order valence-corrected chi connectivity index (χ3v) is 8.17. The van der Waals surface area contributed by atoms with Crippen molar-refractivity contribution in [3.63, 3.8) is 0 Å². The summed E-state index contributed by atoms with van der Waals surface area (Å²) in [4.78, 5) is 36.2. The Morgan fingerprint density at radius 2 is 1.85 bits per heavy atom. The van der Waals surface area contributed by atoms with E-state index < -0.39 is 29.8 Å². The number of aromatic nitrogens is 4. The summed E-state index contributed by atoms with van der Waals surface area (Å²) in [6.45, 7) is 4.42. The molecule has 1 unspecified atom stereocenters. The average Bonchev–Trinajstić information content (AvgIpc) is 3.16. The number of amides is 2. The molecule has 4 heterocycles. The van der Waals surface area contributed by atoms with E-state index in [1.165, 1.54) is 35.8 Å². The molecule has 6 rings (SSSR count). The minimum absolute atomic E-state index is 0.185. The van der Waals surface area contributed by atoms with Crippen molar-refractivity contribution >= 4 is 17.6 Å². The number of hydrogen-bond donors (Lipinski definition) is 1. The van der Waals surface area contributed by atoms with E-state index in [1.54, 1.807) is 4.90 Å². The minimum atomic E-state index is -4.79. The second-order valence-electron chi connectivity index (χ2n) is 10.4. The van der Waals surface area contributed by atoms with E-state index >= 15 is 0 Å². The van der Waals surface area contributed by atoms with Gasteiger partial charge in [-0.05, 0) is 42.5 Å². The van der Waals surface area contributed by atoms with Crippen LogP contribution in [-0.4, -0.2) is 61.0 Å². The number of nitrogens with zero attached hydrogens (tertiary/aromatic N) is 6. The van der Waals surface area contributed by atoms with Crippen LogP contribution in [0, 0.1) is 0 Å². The largest absolute Gasteiger partial charge is 0.451 e. The second-order valence-corrected chi connectivity index (χ2v) is 10.4. The van der Waals surface area contributed by atoms with Crippen LogP contribution in [0.25, 0.3) is 5.69 Å². The molecule has 40 heavy (non-hydrogen) atoms. The van der Waals surface area contributed by atoms with Crippen LogP contribution in [0.3, 0.4) is 0 Å². The van der Waals surface area contributed by atoms with Gasteiger partial charge in [-0.2, -0.15) is 18.3 Å². The van der Waals surface area contributed by atoms with Gasteiger partial charge in [-0.1, -0.05) is 25.1 Å². The molecule has 3 aliphatic rings. The molecule has 1 saturated carbocycles. The van der Waals surface area contributed by atoms with Crippen LogP contribution in [0.4, 0.5) is 19.0 Å². The van der Waals surface area contributed by atoms with E-state index in [4.69, 9.17) is 10.8 Å². The lowest BCUT2D eigenvalue weighted by atomic mass is 9.80. The number of anilines is 1. The molecule has 2 N–H and O–H groups in total. The average molecular weight is 552 g/mol. The Morgan fingerprint density at radius 3 is 2.48 bits per heavy atom. The molecule has 0 saturated heterocycles. The summed E-state index contributed by atoms with van der Waals surface area (Å²) >= 11 is 0. The Hall–Kier alpha value is -4.22. The zero-order chi connectivity index (χ0) is 28.2. The molecule has 2 amide bonds. The number of carbonyl (C=O) groups is 2. The first-order valence-electron chi connectivity index (χ1n) is 13.3. The number of halogens is 3. The van der Waals surface area contributed by atoms with E-state index in [9.17, 15) is 22.8 Å². The third kappa shape index (κ3) is 4.40. The highest BCUT2D eigenvalue weighted by molar-refractivity contribution is 5.98. The Bertz CT molecular complexity index is 1490. The van der Waals surface area contributed by atoms with Crippen LogP contribution in [0.15, 0.2) is 43.1 Å². The van der Waals surface area contributed by atoms with Crippen molar-refractivity contribution in [2.75, 3.05) is 25.4 Å². The van der Waals surface area contributed by atoms with Crippen molar-refractivity contribution in [1.82, 2.24) is 29.5 Å². The van der Waals surface area contributed by atoms with Gasteiger partial charge in [-0.15, -0.1) is 0 Å². The van der Waals surface area contributed by atoms with Crippen molar-refractivity contribution in [2.45, 2.75) is 50.2 Å². The van der Waals surface area contributed by atoms with Gasteiger partial charge in [0.15, 0.2) is 0 Å².